The highest BCUT2D eigenvalue weighted by atomic mass is 32.1. The minimum atomic E-state index is -0.593. The molecule has 3 aromatic carbocycles. The highest BCUT2D eigenvalue weighted by Crippen LogP contribution is 2.34. The van der Waals surface area contributed by atoms with Gasteiger partial charge in [0.25, 0.3) is 5.91 Å². The minimum absolute atomic E-state index is 0.354. The van der Waals surface area contributed by atoms with E-state index in [0.29, 0.717) is 23.3 Å². The fourth-order valence-corrected chi connectivity index (χ4v) is 5.47. The Morgan fingerprint density at radius 3 is 2.58 bits per heavy atom. The zero-order valence-corrected chi connectivity index (χ0v) is 21.4. The van der Waals surface area contributed by atoms with Crippen molar-refractivity contribution in [1.29, 1.82) is 0 Å². The molecule has 6 rings (SSSR count). The maximum Gasteiger partial charge on any atom is 0.339 e. The number of para-hydroxylation sites is 1. The molecule has 38 heavy (non-hydrogen) atoms. The van der Waals surface area contributed by atoms with E-state index in [0.717, 1.165) is 32.1 Å². The van der Waals surface area contributed by atoms with Gasteiger partial charge >= 0.3 is 5.97 Å². The number of amides is 1. The Morgan fingerprint density at radius 1 is 1.00 bits per heavy atom. The van der Waals surface area contributed by atoms with Crippen molar-refractivity contribution in [2.45, 2.75) is 19.4 Å². The molecule has 0 aliphatic carbocycles. The van der Waals surface area contributed by atoms with Gasteiger partial charge in [-0.05, 0) is 42.8 Å². The van der Waals surface area contributed by atoms with Gasteiger partial charge in [0.15, 0.2) is 6.61 Å². The monoisotopic (exact) mass is 521 g/mol. The second kappa shape index (κ2) is 10.1. The lowest BCUT2D eigenvalue weighted by atomic mass is 10.0. The smallest absolute Gasteiger partial charge is 0.339 e. The van der Waals surface area contributed by atoms with E-state index in [1.807, 2.05) is 73.7 Å². The second-order valence-electron chi connectivity index (χ2n) is 8.99. The largest absolute Gasteiger partial charge is 0.467 e. The molecule has 5 aromatic rings. The first-order valence-corrected chi connectivity index (χ1v) is 13.0. The second-order valence-corrected chi connectivity index (χ2v) is 10.0. The predicted molar refractivity (Wildman–Crippen MR) is 146 cm³/mol. The van der Waals surface area contributed by atoms with Crippen LogP contribution in [0.4, 0.5) is 0 Å². The summed E-state index contributed by atoms with van der Waals surface area (Å²) in [6, 6.07) is 26.1. The molecule has 8 heteroatoms. The Labute approximate surface area is 223 Å². The number of furan rings is 1. The Morgan fingerprint density at radius 2 is 1.79 bits per heavy atom. The van der Waals surface area contributed by atoms with Crippen LogP contribution in [0.25, 0.3) is 20.8 Å². The topological polar surface area (TPSA) is 85.0 Å². The quantitative estimate of drug-likeness (QED) is 0.241. The zero-order chi connectivity index (χ0) is 26.1. The van der Waals surface area contributed by atoms with E-state index in [4.69, 9.17) is 9.15 Å². The highest BCUT2D eigenvalue weighted by Gasteiger charge is 2.35. The van der Waals surface area contributed by atoms with E-state index in [9.17, 15) is 9.59 Å². The van der Waals surface area contributed by atoms with Crippen LogP contribution in [-0.2, 0) is 9.53 Å². The zero-order valence-electron chi connectivity index (χ0n) is 20.5. The van der Waals surface area contributed by atoms with Crippen molar-refractivity contribution in [3.63, 3.8) is 0 Å². The minimum Gasteiger partial charge on any atom is -0.467 e. The lowest BCUT2D eigenvalue weighted by Gasteiger charge is -2.19. The molecule has 0 spiro atoms. The van der Waals surface area contributed by atoms with Crippen LogP contribution in [0.3, 0.4) is 0 Å². The van der Waals surface area contributed by atoms with Crippen molar-refractivity contribution in [1.82, 2.24) is 9.99 Å². The molecule has 0 unspecified atom stereocenters. The maximum atomic E-state index is 13.3. The van der Waals surface area contributed by atoms with Gasteiger partial charge in [-0.15, -0.1) is 11.3 Å². The van der Waals surface area contributed by atoms with E-state index < -0.39 is 24.5 Å². The summed E-state index contributed by atoms with van der Waals surface area (Å²) >= 11 is 1.50. The summed E-state index contributed by atoms with van der Waals surface area (Å²) in [7, 11) is 0. The van der Waals surface area contributed by atoms with Crippen molar-refractivity contribution in [2.75, 3.05) is 6.61 Å². The van der Waals surface area contributed by atoms with Gasteiger partial charge in [0.05, 0.1) is 27.8 Å². The molecule has 2 aromatic heterocycles. The van der Waals surface area contributed by atoms with E-state index in [1.54, 1.807) is 24.5 Å². The van der Waals surface area contributed by atoms with E-state index in [1.165, 1.54) is 16.3 Å². The molecule has 3 heterocycles. The number of aryl methyl sites for hydroxylation is 1. The van der Waals surface area contributed by atoms with Crippen molar-refractivity contribution in [3.05, 3.63) is 114 Å². The average Bonchev–Trinajstić information content (AvgIpc) is 3.71. The lowest BCUT2D eigenvalue weighted by Crippen LogP contribution is -2.31. The number of carbonyl (C=O) groups excluding carboxylic acids is 2. The normalized spacial score (nSPS) is 15.0. The van der Waals surface area contributed by atoms with Gasteiger partial charge in [0, 0.05) is 12.0 Å². The number of hydrogen-bond donors (Lipinski definition) is 0. The number of rotatable bonds is 6. The summed E-state index contributed by atoms with van der Waals surface area (Å²) in [4.78, 5) is 31.1. The molecule has 1 amide bonds. The summed E-state index contributed by atoms with van der Waals surface area (Å²) in [5.41, 5.74) is 4.73. The van der Waals surface area contributed by atoms with Gasteiger partial charge < -0.3 is 9.15 Å². The molecular formula is C30H23N3O4S. The lowest BCUT2D eigenvalue weighted by molar-refractivity contribution is -0.136. The van der Waals surface area contributed by atoms with Crippen LogP contribution in [0.15, 0.2) is 101 Å². The standard InChI is InChI=1S/C30H23N3O4S/c1-19-12-14-20(15-13-19)24-17-25(26-10-6-16-36-26)33(32-24)28(34)18-37-30(35)22-8-3-2-7-21(22)29-31-23-9-4-5-11-27(23)38-29/h2-16,25H,17-18H2,1H3/t25-/m1/s1. The van der Waals surface area contributed by atoms with E-state index >= 15 is 0 Å². The summed E-state index contributed by atoms with van der Waals surface area (Å²) < 4.78 is 12.1. The third-order valence-corrected chi connectivity index (χ3v) is 7.49. The van der Waals surface area contributed by atoms with Gasteiger partial charge in [-0.3, -0.25) is 4.79 Å². The number of nitrogens with zero attached hydrogens (tertiary/aromatic N) is 3. The van der Waals surface area contributed by atoms with Crippen LogP contribution in [0, 0.1) is 6.92 Å². The van der Waals surface area contributed by atoms with Crippen molar-refractivity contribution in [3.8, 4) is 10.6 Å². The summed E-state index contributed by atoms with van der Waals surface area (Å²) in [5, 5.41) is 6.69. The van der Waals surface area contributed by atoms with Crippen molar-refractivity contribution >= 4 is 39.1 Å². The summed E-state index contributed by atoms with van der Waals surface area (Å²) in [6.45, 7) is 1.57. The van der Waals surface area contributed by atoms with E-state index in [-0.39, 0.29) is 0 Å². The molecule has 0 radical (unpaired) electrons. The Hall–Kier alpha value is -4.56. The van der Waals surface area contributed by atoms with Crippen LogP contribution in [-0.4, -0.2) is 34.2 Å². The SMILES string of the molecule is Cc1ccc(C2=NN(C(=O)COC(=O)c3ccccc3-c3nc4ccccc4s3)[C@@H](c3ccco3)C2)cc1. The number of hydrogen-bond acceptors (Lipinski definition) is 7. The van der Waals surface area contributed by atoms with Gasteiger partial charge in [-0.25, -0.2) is 14.8 Å². The fourth-order valence-electron chi connectivity index (χ4n) is 4.47. The van der Waals surface area contributed by atoms with Crippen LogP contribution in [0.2, 0.25) is 0 Å². The van der Waals surface area contributed by atoms with Gasteiger partial charge in [0.1, 0.15) is 16.8 Å². The third kappa shape index (κ3) is 4.62. The molecule has 7 nitrogen and oxygen atoms in total. The summed E-state index contributed by atoms with van der Waals surface area (Å²) in [6.07, 6.45) is 2.07. The molecule has 0 N–H and O–H groups in total. The first-order chi connectivity index (χ1) is 18.6. The van der Waals surface area contributed by atoms with Crippen molar-refractivity contribution in [2.24, 2.45) is 5.10 Å². The average molecular weight is 522 g/mol. The number of esters is 1. The van der Waals surface area contributed by atoms with Crippen LogP contribution in [0.1, 0.15) is 39.7 Å². The number of thiazole rings is 1. The number of carbonyl (C=O) groups is 2. The molecule has 0 fully saturated rings. The molecule has 0 saturated carbocycles. The molecule has 188 valence electrons. The van der Waals surface area contributed by atoms with Crippen molar-refractivity contribution < 1.29 is 18.7 Å². The first kappa shape index (κ1) is 23.8. The first-order valence-electron chi connectivity index (χ1n) is 12.2. The van der Waals surface area contributed by atoms with Gasteiger partial charge in [0.2, 0.25) is 0 Å². The van der Waals surface area contributed by atoms with Crippen LogP contribution < -0.4 is 0 Å². The highest BCUT2D eigenvalue weighted by molar-refractivity contribution is 7.21. The number of aromatic nitrogens is 1. The van der Waals surface area contributed by atoms with Gasteiger partial charge in [-0.2, -0.15) is 5.10 Å². The molecule has 0 bridgehead atoms. The number of ether oxygens (including phenoxy) is 1. The number of hydrazone groups is 1. The Bertz CT molecular complexity index is 1620. The maximum absolute atomic E-state index is 13.3. The Balaban J connectivity index is 1.22. The molecular weight excluding hydrogens is 498 g/mol. The Kier molecular flexibility index (Phi) is 6.31. The number of fused-ring (bicyclic) bond motifs is 1. The predicted octanol–water partition coefficient (Wildman–Crippen LogP) is 6.40. The van der Waals surface area contributed by atoms with Gasteiger partial charge in [-0.1, -0.05) is 60.2 Å². The molecule has 1 atom stereocenters. The summed E-state index contributed by atoms with van der Waals surface area (Å²) in [5.74, 6) is -0.402. The van der Waals surface area contributed by atoms with E-state index in [2.05, 4.69) is 10.1 Å². The fraction of sp³-hybridized carbons (Fsp3) is 0.133. The van der Waals surface area contributed by atoms with Crippen LogP contribution in [0.5, 0.6) is 0 Å². The molecule has 1 aliphatic heterocycles. The van der Waals surface area contributed by atoms with Crippen LogP contribution >= 0.6 is 11.3 Å². The number of benzene rings is 3. The third-order valence-electron chi connectivity index (χ3n) is 6.42. The molecule has 0 saturated heterocycles. The molecule has 1 aliphatic rings.